The molecule has 3 heteroatoms. The SMILES string of the molecule is CC(C)C[C@H](N)[C@]1(c2ccc(Cl)cc2)C[C@@H](O)C1. The Bertz CT molecular complexity index is 395. The van der Waals surface area contributed by atoms with Gasteiger partial charge in [0.15, 0.2) is 0 Å². The van der Waals surface area contributed by atoms with Gasteiger partial charge >= 0.3 is 0 Å². The zero-order valence-electron chi connectivity index (χ0n) is 11.1. The second-order valence-corrected chi connectivity index (χ2v) is 6.40. The maximum Gasteiger partial charge on any atom is 0.0558 e. The number of rotatable bonds is 4. The lowest BCUT2D eigenvalue weighted by Crippen LogP contribution is -2.56. The molecule has 0 aliphatic heterocycles. The van der Waals surface area contributed by atoms with E-state index < -0.39 is 0 Å². The van der Waals surface area contributed by atoms with E-state index in [4.69, 9.17) is 17.3 Å². The first-order chi connectivity index (χ1) is 8.44. The Balaban J connectivity index is 2.24. The van der Waals surface area contributed by atoms with Crippen molar-refractivity contribution >= 4 is 11.6 Å². The van der Waals surface area contributed by atoms with Crippen LogP contribution in [-0.4, -0.2) is 17.3 Å². The van der Waals surface area contributed by atoms with Crippen LogP contribution in [0.4, 0.5) is 0 Å². The summed E-state index contributed by atoms with van der Waals surface area (Å²) in [6, 6.07) is 8.02. The molecule has 1 fully saturated rings. The van der Waals surface area contributed by atoms with E-state index in [9.17, 15) is 5.11 Å². The van der Waals surface area contributed by atoms with Crippen LogP contribution in [0.3, 0.4) is 0 Å². The van der Waals surface area contributed by atoms with Crippen LogP contribution in [-0.2, 0) is 5.41 Å². The number of hydrogen-bond acceptors (Lipinski definition) is 2. The topological polar surface area (TPSA) is 46.2 Å². The van der Waals surface area contributed by atoms with Crippen molar-refractivity contribution in [2.45, 2.75) is 50.7 Å². The van der Waals surface area contributed by atoms with E-state index in [-0.39, 0.29) is 17.6 Å². The second kappa shape index (κ2) is 5.20. The molecule has 0 amide bonds. The van der Waals surface area contributed by atoms with E-state index in [1.807, 2.05) is 12.1 Å². The van der Waals surface area contributed by atoms with Crippen molar-refractivity contribution in [1.82, 2.24) is 0 Å². The molecule has 100 valence electrons. The van der Waals surface area contributed by atoms with E-state index in [2.05, 4.69) is 26.0 Å². The highest BCUT2D eigenvalue weighted by molar-refractivity contribution is 6.30. The molecule has 0 spiro atoms. The lowest BCUT2D eigenvalue weighted by atomic mass is 9.57. The summed E-state index contributed by atoms with van der Waals surface area (Å²) in [7, 11) is 0. The Kier molecular flexibility index (Phi) is 4.00. The summed E-state index contributed by atoms with van der Waals surface area (Å²) in [4.78, 5) is 0. The van der Waals surface area contributed by atoms with Crippen LogP contribution in [0.1, 0.15) is 38.7 Å². The van der Waals surface area contributed by atoms with Crippen LogP contribution in [0.25, 0.3) is 0 Å². The molecule has 0 bridgehead atoms. The molecule has 1 aliphatic rings. The first kappa shape index (κ1) is 13.9. The Morgan fingerprint density at radius 1 is 1.33 bits per heavy atom. The van der Waals surface area contributed by atoms with Crippen molar-refractivity contribution in [3.8, 4) is 0 Å². The van der Waals surface area contributed by atoms with Crippen LogP contribution in [0.2, 0.25) is 5.02 Å². The normalized spacial score (nSPS) is 29.1. The summed E-state index contributed by atoms with van der Waals surface area (Å²) in [5, 5.41) is 10.4. The Hall–Kier alpha value is -0.570. The molecule has 3 N–H and O–H groups in total. The third kappa shape index (κ3) is 2.56. The van der Waals surface area contributed by atoms with Gasteiger partial charge in [-0.3, -0.25) is 0 Å². The van der Waals surface area contributed by atoms with Gasteiger partial charge in [0.1, 0.15) is 0 Å². The minimum Gasteiger partial charge on any atom is -0.393 e. The predicted molar refractivity (Wildman–Crippen MR) is 75.8 cm³/mol. The quantitative estimate of drug-likeness (QED) is 0.881. The number of aliphatic hydroxyl groups excluding tert-OH is 1. The molecule has 18 heavy (non-hydrogen) atoms. The Labute approximate surface area is 114 Å². The lowest BCUT2D eigenvalue weighted by Gasteiger charge is -2.50. The largest absolute Gasteiger partial charge is 0.393 e. The van der Waals surface area contributed by atoms with Gasteiger partial charge in [-0.15, -0.1) is 0 Å². The molecule has 1 atom stereocenters. The summed E-state index contributed by atoms with van der Waals surface area (Å²) in [5.74, 6) is 0.571. The van der Waals surface area contributed by atoms with Crippen molar-refractivity contribution in [2.24, 2.45) is 11.7 Å². The molecular weight excluding hydrogens is 246 g/mol. The van der Waals surface area contributed by atoms with Crippen LogP contribution < -0.4 is 5.73 Å². The average molecular weight is 268 g/mol. The Morgan fingerprint density at radius 2 is 1.89 bits per heavy atom. The molecule has 1 saturated carbocycles. The van der Waals surface area contributed by atoms with Crippen LogP contribution in [0.15, 0.2) is 24.3 Å². The third-order valence-electron chi connectivity index (χ3n) is 4.05. The van der Waals surface area contributed by atoms with Gasteiger partial charge in [-0.1, -0.05) is 37.6 Å². The van der Waals surface area contributed by atoms with Crippen LogP contribution in [0.5, 0.6) is 0 Å². The van der Waals surface area contributed by atoms with E-state index in [0.717, 1.165) is 24.3 Å². The molecule has 0 unspecified atom stereocenters. The van der Waals surface area contributed by atoms with Gasteiger partial charge in [0, 0.05) is 16.5 Å². The van der Waals surface area contributed by atoms with Gasteiger partial charge in [-0.2, -0.15) is 0 Å². The van der Waals surface area contributed by atoms with Gasteiger partial charge in [0.05, 0.1) is 6.10 Å². The van der Waals surface area contributed by atoms with Gasteiger partial charge in [0.25, 0.3) is 0 Å². The summed E-state index contributed by atoms with van der Waals surface area (Å²) in [6.07, 6.45) is 2.30. The van der Waals surface area contributed by atoms with Crippen LogP contribution >= 0.6 is 11.6 Å². The molecule has 2 nitrogen and oxygen atoms in total. The molecule has 0 aromatic heterocycles. The van der Waals surface area contributed by atoms with Crippen molar-refractivity contribution in [2.75, 3.05) is 0 Å². The first-order valence-electron chi connectivity index (χ1n) is 6.64. The zero-order chi connectivity index (χ0) is 13.3. The average Bonchev–Trinajstić information content (AvgIpc) is 2.24. The minimum atomic E-state index is -0.209. The molecule has 0 heterocycles. The standard InChI is InChI=1S/C15H22ClNO/c1-10(2)7-14(17)15(8-13(18)9-15)11-3-5-12(16)6-4-11/h3-6,10,13-14,18H,7-9,17H2,1-2H3/t13-,14-,15-/m0/s1. The third-order valence-corrected chi connectivity index (χ3v) is 4.31. The number of halogens is 1. The molecular formula is C15H22ClNO. The van der Waals surface area contributed by atoms with E-state index in [1.165, 1.54) is 5.56 Å². The highest BCUT2D eigenvalue weighted by Crippen LogP contribution is 2.47. The van der Waals surface area contributed by atoms with Gasteiger partial charge in [-0.05, 0) is 42.9 Å². The molecule has 2 rings (SSSR count). The maximum atomic E-state index is 9.70. The number of aliphatic hydroxyl groups is 1. The summed E-state index contributed by atoms with van der Waals surface area (Å²) in [5.41, 5.74) is 7.56. The van der Waals surface area contributed by atoms with Crippen molar-refractivity contribution in [3.05, 3.63) is 34.9 Å². The van der Waals surface area contributed by atoms with Crippen LogP contribution in [0, 0.1) is 5.92 Å². The smallest absolute Gasteiger partial charge is 0.0558 e. The number of hydrogen-bond donors (Lipinski definition) is 2. The number of benzene rings is 1. The van der Waals surface area contributed by atoms with Gasteiger partial charge in [0.2, 0.25) is 0 Å². The minimum absolute atomic E-state index is 0.0612. The second-order valence-electron chi connectivity index (χ2n) is 5.96. The van der Waals surface area contributed by atoms with Crippen molar-refractivity contribution in [1.29, 1.82) is 0 Å². The fourth-order valence-electron chi connectivity index (χ4n) is 3.05. The van der Waals surface area contributed by atoms with E-state index in [1.54, 1.807) is 0 Å². The van der Waals surface area contributed by atoms with E-state index >= 15 is 0 Å². The fourth-order valence-corrected chi connectivity index (χ4v) is 3.17. The molecule has 0 radical (unpaired) electrons. The van der Waals surface area contributed by atoms with Crippen molar-refractivity contribution < 1.29 is 5.11 Å². The predicted octanol–water partition coefficient (Wildman–Crippen LogP) is 3.11. The maximum absolute atomic E-state index is 9.70. The molecule has 1 aromatic carbocycles. The number of nitrogens with two attached hydrogens (primary N) is 1. The lowest BCUT2D eigenvalue weighted by molar-refractivity contribution is 0.000538. The molecule has 1 aliphatic carbocycles. The summed E-state index contributed by atoms with van der Waals surface area (Å²) in [6.45, 7) is 4.37. The van der Waals surface area contributed by atoms with E-state index in [0.29, 0.717) is 5.92 Å². The van der Waals surface area contributed by atoms with Crippen molar-refractivity contribution in [3.63, 3.8) is 0 Å². The highest BCUT2D eigenvalue weighted by atomic mass is 35.5. The molecule has 1 aromatic rings. The molecule has 0 saturated heterocycles. The summed E-state index contributed by atoms with van der Waals surface area (Å²) < 4.78 is 0. The first-order valence-corrected chi connectivity index (χ1v) is 7.01. The monoisotopic (exact) mass is 267 g/mol. The van der Waals surface area contributed by atoms with Gasteiger partial charge in [-0.25, -0.2) is 0 Å². The summed E-state index contributed by atoms with van der Waals surface area (Å²) >= 11 is 5.93. The van der Waals surface area contributed by atoms with Gasteiger partial charge < -0.3 is 10.8 Å². The fraction of sp³-hybridized carbons (Fsp3) is 0.600. The zero-order valence-corrected chi connectivity index (χ0v) is 11.8. The Morgan fingerprint density at radius 3 is 2.33 bits per heavy atom. The highest BCUT2D eigenvalue weighted by Gasteiger charge is 2.48.